The molecule has 0 saturated heterocycles. The smallest absolute Gasteiger partial charge is 0.0587 e. The van der Waals surface area contributed by atoms with Gasteiger partial charge in [0.15, 0.2) is 0 Å². The van der Waals surface area contributed by atoms with E-state index in [1.165, 1.54) is 16.1 Å². The standard InChI is InChI=1S/C16H21ClN2OS/c1-19(12-15-4-3-9-21-15)16-10-14(17)6-5-13(16)11-18-7-8-20-2/h3-6,9-10,18H,7-8,11-12H2,1-2H3. The number of halogens is 1. The van der Waals surface area contributed by atoms with Gasteiger partial charge >= 0.3 is 0 Å². The van der Waals surface area contributed by atoms with Gasteiger partial charge in [-0.05, 0) is 29.1 Å². The van der Waals surface area contributed by atoms with Crippen molar-refractivity contribution < 1.29 is 4.74 Å². The molecule has 114 valence electrons. The lowest BCUT2D eigenvalue weighted by Gasteiger charge is -2.22. The molecule has 0 unspecified atom stereocenters. The summed E-state index contributed by atoms with van der Waals surface area (Å²) in [6.07, 6.45) is 0. The molecule has 1 heterocycles. The van der Waals surface area contributed by atoms with Crippen LogP contribution in [0.5, 0.6) is 0 Å². The van der Waals surface area contributed by atoms with Gasteiger partial charge in [0.25, 0.3) is 0 Å². The van der Waals surface area contributed by atoms with Crippen LogP contribution in [0.25, 0.3) is 0 Å². The van der Waals surface area contributed by atoms with Crippen LogP contribution in [-0.2, 0) is 17.8 Å². The number of methoxy groups -OCH3 is 1. The summed E-state index contributed by atoms with van der Waals surface area (Å²) in [5.74, 6) is 0. The van der Waals surface area contributed by atoms with Gasteiger partial charge in [0.1, 0.15) is 0 Å². The van der Waals surface area contributed by atoms with Gasteiger partial charge in [-0.1, -0.05) is 23.7 Å². The van der Waals surface area contributed by atoms with Gasteiger partial charge in [-0.15, -0.1) is 11.3 Å². The molecule has 0 bridgehead atoms. The number of rotatable bonds is 8. The molecule has 0 aliphatic heterocycles. The van der Waals surface area contributed by atoms with Crippen molar-refractivity contribution in [2.75, 3.05) is 32.2 Å². The molecule has 0 aliphatic rings. The Morgan fingerprint density at radius 2 is 2.19 bits per heavy atom. The number of nitrogens with zero attached hydrogens (tertiary/aromatic N) is 1. The molecule has 0 radical (unpaired) electrons. The Balaban J connectivity index is 2.06. The SMILES string of the molecule is COCCNCc1ccc(Cl)cc1N(C)Cc1cccs1. The number of ether oxygens (including phenoxy) is 1. The van der Waals surface area contributed by atoms with E-state index in [2.05, 4.69) is 40.8 Å². The van der Waals surface area contributed by atoms with Gasteiger partial charge < -0.3 is 15.0 Å². The number of hydrogen-bond donors (Lipinski definition) is 1. The third-order valence-corrected chi connectivity index (χ3v) is 4.33. The average molecular weight is 325 g/mol. The van der Waals surface area contributed by atoms with Crippen molar-refractivity contribution in [1.82, 2.24) is 5.32 Å². The molecule has 21 heavy (non-hydrogen) atoms. The number of benzene rings is 1. The minimum absolute atomic E-state index is 0.716. The summed E-state index contributed by atoms with van der Waals surface area (Å²) in [6.45, 7) is 3.26. The summed E-state index contributed by atoms with van der Waals surface area (Å²) in [5.41, 5.74) is 2.41. The molecule has 1 aromatic carbocycles. The quantitative estimate of drug-likeness (QED) is 0.748. The highest BCUT2D eigenvalue weighted by Gasteiger charge is 2.09. The minimum Gasteiger partial charge on any atom is -0.383 e. The second-order valence-electron chi connectivity index (χ2n) is 4.88. The van der Waals surface area contributed by atoms with Crippen molar-refractivity contribution in [2.24, 2.45) is 0 Å². The van der Waals surface area contributed by atoms with Crippen LogP contribution < -0.4 is 10.2 Å². The highest BCUT2D eigenvalue weighted by molar-refractivity contribution is 7.09. The Bertz CT molecular complexity index is 545. The Kier molecular flexibility index (Phi) is 6.51. The summed E-state index contributed by atoms with van der Waals surface area (Å²) < 4.78 is 5.05. The van der Waals surface area contributed by atoms with Crippen LogP contribution in [0.4, 0.5) is 5.69 Å². The van der Waals surface area contributed by atoms with Crippen LogP contribution in [0.15, 0.2) is 35.7 Å². The van der Waals surface area contributed by atoms with Crippen LogP contribution in [0, 0.1) is 0 Å². The van der Waals surface area contributed by atoms with Crippen LogP contribution in [0.1, 0.15) is 10.4 Å². The third kappa shape index (κ3) is 5.00. The van der Waals surface area contributed by atoms with Gasteiger partial charge in [-0.25, -0.2) is 0 Å². The first-order chi connectivity index (χ1) is 10.2. The number of nitrogens with one attached hydrogen (secondary N) is 1. The average Bonchev–Trinajstić information content (AvgIpc) is 2.97. The van der Waals surface area contributed by atoms with Gasteiger partial charge in [-0.3, -0.25) is 0 Å². The molecule has 0 amide bonds. The zero-order valence-electron chi connectivity index (χ0n) is 12.4. The predicted molar refractivity (Wildman–Crippen MR) is 91.5 cm³/mol. The van der Waals surface area contributed by atoms with Gasteiger partial charge in [-0.2, -0.15) is 0 Å². The maximum Gasteiger partial charge on any atom is 0.0587 e. The number of hydrogen-bond acceptors (Lipinski definition) is 4. The second-order valence-corrected chi connectivity index (χ2v) is 6.35. The van der Waals surface area contributed by atoms with E-state index in [0.717, 1.165) is 24.7 Å². The lowest BCUT2D eigenvalue weighted by molar-refractivity contribution is 0.199. The minimum atomic E-state index is 0.716. The Morgan fingerprint density at radius 3 is 2.90 bits per heavy atom. The zero-order chi connectivity index (χ0) is 15.1. The monoisotopic (exact) mass is 324 g/mol. The van der Waals surface area contributed by atoms with Crippen molar-refractivity contribution >= 4 is 28.6 Å². The third-order valence-electron chi connectivity index (χ3n) is 3.23. The first-order valence-corrected chi connectivity index (χ1v) is 8.18. The molecule has 0 spiro atoms. The summed E-state index contributed by atoms with van der Waals surface area (Å²) in [6, 6.07) is 10.3. The maximum absolute atomic E-state index is 6.16. The molecule has 3 nitrogen and oxygen atoms in total. The molecular formula is C16H21ClN2OS. The molecular weight excluding hydrogens is 304 g/mol. The van der Waals surface area contributed by atoms with Crippen molar-refractivity contribution in [1.29, 1.82) is 0 Å². The van der Waals surface area contributed by atoms with E-state index in [9.17, 15) is 0 Å². The second kappa shape index (κ2) is 8.39. The Hall–Kier alpha value is -1.07. The Morgan fingerprint density at radius 1 is 1.33 bits per heavy atom. The topological polar surface area (TPSA) is 24.5 Å². The molecule has 0 saturated carbocycles. The predicted octanol–water partition coefficient (Wildman–Crippen LogP) is 3.77. The lowest BCUT2D eigenvalue weighted by Crippen LogP contribution is -2.22. The normalized spacial score (nSPS) is 10.8. The van der Waals surface area contributed by atoms with E-state index in [1.54, 1.807) is 18.4 Å². The molecule has 0 atom stereocenters. The van der Waals surface area contributed by atoms with Crippen LogP contribution in [-0.4, -0.2) is 27.3 Å². The fourth-order valence-electron chi connectivity index (χ4n) is 2.16. The van der Waals surface area contributed by atoms with E-state index in [4.69, 9.17) is 16.3 Å². The van der Waals surface area contributed by atoms with Crippen molar-refractivity contribution in [2.45, 2.75) is 13.1 Å². The van der Waals surface area contributed by atoms with Crippen molar-refractivity contribution in [3.63, 3.8) is 0 Å². The first kappa shape index (κ1) is 16.3. The highest BCUT2D eigenvalue weighted by atomic mass is 35.5. The van der Waals surface area contributed by atoms with Crippen LogP contribution >= 0.6 is 22.9 Å². The molecule has 2 aromatic rings. The maximum atomic E-state index is 6.16. The van der Waals surface area contributed by atoms with E-state index in [-0.39, 0.29) is 0 Å². The van der Waals surface area contributed by atoms with Crippen molar-refractivity contribution in [3.8, 4) is 0 Å². The summed E-state index contributed by atoms with van der Waals surface area (Å²) in [7, 11) is 3.81. The van der Waals surface area contributed by atoms with Crippen LogP contribution in [0.2, 0.25) is 5.02 Å². The number of anilines is 1. The lowest BCUT2D eigenvalue weighted by atomic mass is 10.1. The molecule has 1 aromatic heterocycles. The summed E-state index contributed by atoms with van der Waals surface area (Å²) in [5, 5.41) is 6.26. The molecule has 1 N–H and O–H groups in total. The van der Waals surface area contributed by atoms with Gasteiger partial charge in [0.2, 0.25) is 0 Å². The Labute approximate surface area is 135 Å². The molecule has 2 rings (SSSR count). The first-order valence-electron chi connectivity index (χ1n) is 6.92. The van der Waals surface area contributed by atoms with Crippen LogP contribution in [0.3, 0.4) is 0 Å². The van der Waals surface area contributed by atoms with E-state index >= 15 is 0 Å². The van der Waals surface area contributed by atoms with Gasteiger partial charge in [0.05, 0.1) is 13.2 Å². The largest absolute Gasteiger partial charge is 0.383 e. The van der Waals surface area contributed by atoms with Gasteiger partial charge in [0, 0.05) is 42.8 Å². The summed E-state index contributed by atoms with van der Waals surface area (Å²) >= 11 is 7.94. The molecule has 0 aliphatic carbocycles. The number of thiophene rings is 1. The molecule has 0 fully saturated rings. The zero-order valence-corrected chi connectivity index (χ0v) is 14.0. The highest BCUT2D eigenvalue weighted by Crippen LogP contribution is 2.26. The van der Waals surface area contributed by atoms with E-state index < -0.39 is 0 Å². The van der Waals surface area contributed by atoms with Crippen molar-refractivity contribution in [3.05, 3.63) is 51.2 Å². The van der Waals surface area contributed by atoms with E-state index in [1.807, 2.05) is 12.1 Å². The molecule has 5 heteroatoms. The fraction of sp³-hybridized carbons (Fsp3) is 0.375. The summed E-state index contributed by atoms with van der Waals surface area (Å²) in [4.78, 5) is 3.58. The fourth-order valence-corrected chi connectivity index (χ4v) is 3.08. The van der Waals surface area contributed by atoms with E-state index in [0.29, 0.717) is 6.61 Å².